The zero-order chi connectivity index (χ0) is 24.0. The van der Waals surface area contributed by atoms with Crippen LogP contribution >= 0.6 is 15.9 Å². The van der Waals surface area contributed by atoms with Crippen LogP contribution in [0.25, 0.3) is 10.9 Å². The van der Waals surface area contributed by atoms with E-state index >= 15 is 0 Å². The predicted octanol–water partition coefficient (Wildman–Crippen LogP) is 4.92. The van der Waals surface area contributed by atoms with Gasteiger partial charge >= 0.3 is 6.09 Å². The standard InChI is InChI=1S/C23H27BrN4O4S/c1-5-31-23(29)28-33(30,6-2)17-9-7-8-16(10-17)13-32-21-12-20-18(11-19(21)24)22(26-14-25-20)27-15(3)4/h6-12,14-15H,5,13H2,1-4H3,(H,25,26,27)(H,28,29,30). The molecule has 1 unspecified atom stereocenters. The van der Waals surface area contributed by atoms with Gasteiger partial charge in [0.1, 0.15) is 24.5 Å². The van der Waals surface area contributed by atoms with Gasteiger partial charge in [0.05, 0.1) is 31.2 Å². The summed E-state index contributed by atoms with van der Waals surface area (Å²) in [5.41, 5.74) is 1.55. The SMILES string of the molecule is CC=S(=O)(NC(=O)OCC)c1cccc(COc2cc3ncnc(NC(C)C)c3cc2Br)c1. The number of nitrogens with one attached hydrogen (secondary N) is 2. The van der Waals surface area contributed by atoms with Crippen molar-refractivity contribution in [2.24, 2.45) is 0 Å². The van der Waals surface area contributed by atoms with Gasteiger partial charge in [-0.1, -0.05) is 12.1 Å². The molecule has 1 atom stereocenters. The summed E-state index contributed by atoms with van der Waals surface area (Å²) in [6, 6.07) is 11.1. The van der Waals surface area contributed by atoms with E-state index in [1.165, 1.54) is 11.7 Å². The smallest absolute Gasteiger partial charge is 0.418 e. The highest BCUT2D eigenvalue weighted by molar-refractivity contribution is 9.10. The lowest BCUT2D eigenvalue weighted by Crippen LogP contribution is -2.32. The van der Waals surface area contributed by atoms with Crippen molar-refractivity contribution in [3.63, 3.8) is 0 Å². The molecule has 1 aromatic heterocycles. The zero-order valence-corrected chi connectivity index (χ0v) is 21.3. The summed E-state index contributed by atoms with van der Waals surface area (Å²) >= 11 is 3.57. The van der Waals surface area contributed by atoms with Crippen LogP contribution in [0.1, 0.15) is 33.3 Å². The molecule has 176 valence electrons. The normalized spacial score (nSPS) is 12.8. The summed E-state index contributed by atoms with van der Waals surface area (Å²) in [6.45, 7) is 7.84. The number of amides is 1. The lowest BCUT2D eigenvalue weighted by Gasteiger charge is -2.15. The first-order valence-corrected chi connectivity index (χ1v) is 12.9. The Hall–Kier alpha value is -2.85. The van der Waals surface area contributed by atoms with Gasteiger partial charge in [-0.05, 0) is 72.8 Å². The number of hydrogen-bond donors (Lipinski definition) is 2. The fourth-order valence-corrected chi connectivity index (χ4v) is 4.96. The van der Waals surface area contributed by atoms with E-state index in [0.717, 1.165) is 26.8 Å². The third-order valence-electron chi connectivity index (χ3n) is 4.60. The Morgan fingerprint density at radius 3 is 2.73 bits per heavy atom. The molecule has 3 aromatic rings. The highest BCUT2D eigenvalue weighted by Gasteiger charge is 2.15. The molecule has 1 heterocycles. The molecule has 3 rings (SSSR count). The van der Waals surface area contributed by atoms with E-state index in [1.807, 2.05) is 32.0 Å². The average molecular weight is 535 g/mol. The average Bonchev–Trinajstić information content (AvgIpc) is 2.78. The van der Waals surface area contributed by atoms with Gasteiger partial charge in [0.25, 0.3) is 0 Å². The van der Waals surface area contributed by atoms with Crippen LogP contribution in [0.3, 0.4) is 0 Å². The van der Waals surface area contributed by atoms with Crippen LogP contribution in [-0.4, -0.2) is 38.3 Å². The molecular weight excluding hydrogens is 508 g/mol. The van der Waals surface area contributed by atoms with Gasteiger partial charge in [0.2, 0.25) is 0 Å². The number of carbonyl (C=O) groups is 1. The summed E-state index contributed by atoms with van der Waals surface area (Å²) in [6.07, 6.45) is 0.790. The van der Waals surface area contributed by atoms with Crippen molar-refractivity contribution >= 4 is 53.8 Å². The minimum absolute atomic E-state index is 0.194. The Bertz CT molecular complexity index is 1270. The Kier molecular flexibility index (Phi) is 8.15. The van der Waals surface area contributed by atoms with Crippen LogP contribution in [0.5, 0.6) is 5.75 Å². The molecule has 10 heteroatoms. The van der Waals surface area contributed by atoms with Crippen molar-refractivity contribution in [1.29, 1.82) is 0 Å². The molecule has 2 aromatic carbocycles. The Morgan fingerprint density at radius 1 is 1.24 bits per heavy atom. The third kappa shape index (κ3) is 6.14. The second kappa shape index (κ2) is 10.8. The molecule has 0 saturated carbocycles. The lowest BCUT2D eigenvalue weighted by molar-refractivity contribution is 0.159. The van der Waals surface area contributed by atoms with Crippen molar-refractivity contribution < 1.29 is 18.5 Å². The second-order valence-corrected chi connectivity index (χ2v) is 10.6. The van der Waals surface area contributed by atoms with Crippen LogP contribution in [-0.2, 0) is 21.1 Å². The quantitative estimate of drug-likeness (QED) is 0.395. The van der Waals surface area contributed by atoms with Crippen molar-refractivity contribution in [3.05, 3.63) is 52.8 Å². The van der Waals surface area contributed by atoms with E-state index in [9.17, 15) is 9.00 Å². The maximum absolute atomic E-state index is 13.2. The Morgan fingerprint density at radius 2 is 2.03 bits per heavy atom. The number of hydrogen-bond acceptors (Lipinski definition) is 7. The summed E-state index contributed by atoms with van der Waals surface area (Å²) in [5.74, 6) is 1.38. The number of halogens is 1. The molecular formula is C23H27BrN4O4S. The molecule has 8 nitrogen and oxygen atoms in total. The zero-order valence-electron chi connectivity index (χ0n) is 18.9. The van der Waals surface area contributed by atoms with Crippen molar-refractivity contribution in [1.82, 2.24) is 14.7 Å². The fraction of sp³-hybridized carbons (Fsp3) is 0.304. The molecule has 0 aliphatic rings. The Balaban J connectivity index is 1.82. The van der Waals surface area contributed by atoms with Crippen molar-refractivity contribution in [3.8, 4) is 5.75 Å². The number of ether oxygens (including phenoxy) is 2. The molecule has 0 aliphatic heterocycles. The van der Waals surface area contributed by atoms with Crippen molar-refractivity contribution in [2.45, 2.75) is 45.2 Å². The molecule has 33 heavy (non-hydrogen) atoms. The number of rotatable bonds is 8. The van der Waals surface area contributed by atoms with Crippen LogP contribution in [0.15, 0.2) is 52.1 Å². The maximum Gasteiger partial charge on any atom is 0.418 e. The van der Waals surface area contributed by atoms with E-state index in [-0.39, 0.29) is 19.3 Å². The van der Waals surface area contributed by atoms with E-state index < -0.39 is 15.8 Å². The van der Waals surface area contributed by atoms with Gasteiger partial charge in [-0.25, -0.2) is 23.7 Å². The molecule has 0 bridgehead atoms. The molecule has 2 N–H and O–H groups in total. The largest absolute Gasteiger partial charge is 0.488 e. The van der Waals surface area contributed by atoms with Gasteiger partial charge in [0.15, 0.2) is 0 Å². The summed E-state index contributed by atoms with van der Waals surface area (Å²) in [4.78, 5) is 21.0. The minimum atomic E-state index is -2.92. The van der Waals surface area contributed by atoms with Gasteiger partial charge in [-0.15, -0.1) is 0 Å². The predicted molar refractivity (Wildman–Crippen MR) is 135 cm³/mol. The first-order valence-electron chi connectivity index (χ1n) is 10.5. The highest BCUT2D eigenvalue weighted by atomic mass is 79.9. The van der Waals surface area contributed by atoms with Gasteiger partial charge < -0.3 is 14.8 Å². The number of fused-ring (bicyclic) bond motifs is 1. The van der Waals surface area contributed by atoms with E-state index in [1.54, 1.807) is 32.0 Å². The number of carbonyl (C=O) groups excluding carboxylic acids is 1. The monoisotopic (exact) mass is 534 g/mol. The lowest BCUT2D eigenvalue weighted by atomic mass is 10.2. The molecule has 1 amide bonds. The van der Waals surface area contributed by atoms with Gasteiger partial charge in [-0.3, -0.25) is 0 Å². The van der Waals surface area contributed by atoms with Crippen LogP contribution in [0.2, 0.25) is 0 Å². The highest BCUT2D eigenvalue weighted by Crippen LogP contribution is 2.33. The van der Waals surface area contributed by atoms with Crippen LogP contribution in [0.4, 0.5) is 10.6 Å². The first-order chi connectivity index (χ1) is 15.8. The molecule has 0 spiro atoms. The number of nitrogens with zero attached hydrogens (tertiary/aromatic N) is 2. The number of anilines is 1. The van der Waals surface area contributed by atoms with Gasteiger partial charge in [0, 0.05) is 17.5 Å². The minimum Gasteiger partial charge on any atom is -0.488 e. The Labute approximate surface area is 202 Å². The summed E-state index contributed by atoms with van der Waals surface area (Å²) < 4.78 is 27.4. The summed E-state index contributed by atoms with van der Waals surface area (Å²) in [5, 5.41) is 5.67. The maximum atomic E-state index is 13.2. The molecule has 0 fully saturated rings. The van der Waals surface area contributed by atoms with Crippen molar-refractivity contribution in [2.75, 3.05) is 11.9 Å². The first kappa shape index (κ1) is 24.8. The van der Waals surface area contributed by atoms with Gasteiger partial charge in [-0.2, -0.15) is 0 Å². The topological polar surface area (TPSA) is 102 Å². The van der Waals surface area contributed by atoms with Crippen LogP contribution in [0, 0.1) is 0 Å². The summed E-state index contributed by atoms with van der Waals surface area (Å²) in [7, 11) is -2.92. The molecule has 0 radical (unpaired) electrons. The van der Waals surface area contributed by atoms with E-state index in [4.69, 9.17) is 9.47 Å². The van der Waals surface area contributed by atoms with E-state index in [2.05, 4.69) is 35.9 Å². The molecule has 0 aliphatic carbocycles. The molecule has 0 saturated heterocycles. The number of aromatic nitrogens is 2. The second-order valence-electron chi connectivity index (χ2n) is 7.42. The fourth-order valence-electron chi connectivity index (χ4n) is 3.08. The third-order valence-corrected chi connectivity index (χ3v) is 7.31. The van der Waals surface area contributed by atoms with Crippen LogP contribution < -0.4 is 14.8 Å². The van der Waals surface area contributed by atoms with E-state index in [0.29, 0.717) is 10.6 Å². The number of benzene rings is 2.